The van der Waals surface area contributed by atoms with Gasteiger partial charge in [-0.25, -0.2) is 4.98 Å². The molecule has 5 rings (SSSR count). The quantitative estimate of drug-likeness (QED) is 0.405. The van der Waals surface area contributed by atoms with Gasteiger partial charge in [-0.2, -0.15) is 0 Å². The highest BCUT2D eigenvalue weighted by molar-refractivity contribution is 6.11. The first kappa shape index (κ1) is 18.1. The summed E-state index contributed by atoms with van der Waals surface area (Å²) in [6, 6.07) is 24.2. The molecule has 146 valence electrons. The van der Waals surface area contributed by atoms with E-state index in [-0.39, 0.29) is 0 Å². The van der Waals surface area contributed by atoms with Gasteiger partial charge in [0.25, 0.3) is 5.91 Å². The van der Waals surface area contributed by atoms with Gasteiger partial charge in [-0.05, 0) is 24.6 Å². The Kier molecular flexibility index (Phi) is 4.15. The lowest BCUT2D eigenvalue weighted by atomic mass is 9.96. The second-order valence-electron chi connectivity index (χ2n) is 7.32. The summed E-state index contributed by atoms with van der Waals surface area (Å²) in [7, 11) is 0. The molecule has 0 unspecified atom stereocenters. The summed E-state index contributed by atoms with van der Waals surface area (Å²) in [6.07, 6.45) is 0. The second-order valence-corrected chi connectivity index (χ2v) is 7.32. The van der Waals surface area contributed by atoms with Crippen LogP contribution in [0, 0.1) is 0 Å². The van der Waals surface area contributed by atoms with Crippen LogP contribution < -0.4 is 0 Å². The van der Waals surface area contributed by atoms with Crippen molar-refractivity contribution in [3.8, 4) is 11.4 Å². The molecular formula is C24H18N4O2. The molecule has 0 radical (unpaired) electrons. The number of nitrogens with zero attached hydrogens (tertiary/aromatic N) is 3. The van der Waals surface area contributed by atoms with Crippen LogP contribution in [0.3, 0.4) is 0 Å². The van der Waals surface area contributed by atoms with E-state index in [1.54, 1.807) is 24.3 Å². The van der Waals surface area contributed by atoms with E-state index in [2.05, 4.69) is 15.2 Å². The Morgan fingerprint density at radius 1 is 0.933 bits per heavy atom. The second kappa shape index (κ2) is 6.86. The minimum absolute atomic E-state index is 0.463. The molecule has 0 saturated heterocycles. The number of carbonyl (C=O) groups excluding carboxylic acids is 1. The zero-order valence-electron chi connectivity index (χ0n) is 16.2. The topological polar surface area (TPSA) is 90.7 Å². The standard InChI is InChI=1S/C24H18N4O2/c1-24(30,15-9-3-2-4-10-15)23(29)28-27-21-17-12-6-5-11-16(17)20-22(21)26-19-14-8-7-13-18(19)25-20/h2-14,26,30H,1H3/t24-/m0/s1. The summed E-state index contributed by atoms with van der Waals surface area (Å²) in [6.45, 7) is 1.42. The molecule has 1 aliphatic carbocycles. The number of aromatic nitrogens is 2. The molecule has 0 fully saturated rings. The van der Waals surface area contributed by atoms with Crippen molar-refractivity contribution in [2.75, 3.05) is 0 Å². The van der Waals surface area contributed by atoms with Crippen LogP contribution in [0.25, 0.3) is 33.2 Å². The maximum Gasteiger partial charge on any atom is 0.300 e. The van der Waals surface area contributed by atoms with Gasteiger partial charge in [-0.1, -0.05) is 66.7 Å². The Bertz CT molecular complexity index is 1390. The van der Waals surface area contributed by atoms with Crippen molar-refractivity contribution in [2.24, 2.45) is 10.2 Å². The smallest absolute Gasteiger partial charge is 0.300 e. The largest absolute Gasteiger partial charge is 0.375 e. The maximum absolute atomic E-state index is 12.7. The van der Waals surface area contributed by atoms with E-state index in [4.69, 9.17) is 4.98 Å². The molecule has 1 aliphatic heterocycles. The molecule has 6 heteroatoms. The first-order valence-electron chi connectivity index (χ1n) is 9.59. The van der Waals surface area contributed by atoms with E-state index in [1.165, 1.54) is 6.92 Å². The van der Waals surface area contributed by atoms with Gasteiger partial charge < -0.3 is 10.1 Å². The van der Waals surface area contributed by atoms with Crippen molar-refractivity contribution in [3.63, 3.8) is 0 Å². The molecular weight excluding hydrogens is 376 g/mol. The molecule has 0 bridgehead atoms. The molecule has 30 heavy (non-hydrogen) atoms. The monoisotopic (exact) mass is 394 g/mol. The lowest BCUT2D eigenvalue weighted by Crippen LogP contribution is -2.30. The molecule has 1 atom stereocenters. The SMILES string of the molecule is C[C@@](O)(C(=O)N=Nc1c2[nH]c3ccccc3nc-2c2ccccc12)c1ccccc1. The fraction of sp³-hybridized carbons (Fsp3) is 0.0833. The van der Waals surface area contributed by atoms with Crippen molar-refractivity contribution in [1.82, 2.24) is 9.97 Å². The van der Waals surface area contributed by atoms with Gasteiger partial charge >= 0.3 is 0 Å². The van der Waals surface area contributed by atoms with Crippen LogP contribution >= 0.6 is 0 Å². The number of fused-ring (bicyclic) bond motifs is 4. The van der Waals surface area contributed by atoms with Gasteiger partial charge in [0.05, 0.1) is 22.4 Å². The summed E-state index contributed by atoms with van der Waals surface area (Å²) < 4.78 is 0. The number of aromatic amines is 1. The van der Waals surface area contributed by atoms with Crippen LogP contribution in [-0.2, 0) is 10.4 Å². The average molecular weight is 394 g/mol. The van der Waals surface area contributed by atoms with Gasteiger partial charge in [0, 0.05) is 10.8 Å². The zero-order chi connectivity index (χ0) is 20.7. The number of rotatable bonds is 3. The third-order valence-electron chi connectivity index (χ3n) is 5.30. The molecule has 0 saturated carbocycles. The van der Waals surface area contributed by atoms with Crippen LogP contribution in [0.2, 0.25) is 0 Å². The average Bonchev–Trinajstić information content (AvgIpc) is 3.09. The molecule has 2 N–H and O–H groups in total. The normalized spacial score (nSPS) is 13.9. The highest BCUT2D eigenvalue weighted by Crippen LogP contribution is 2.43. The molecule has 3 aromatic carbocycles. The number of aliphatic hydroxyl groups is 1. The summed E-state index contributed by atoms with van der Waals surface area (Å²) in [5.74, 6) is -0.735. The van der Waals surface area contributed by atoms with Gasteiger partial charge in [0.1, 0.15) is 5.69 Å². The molecule has 1 heterocycles. The maximum atomic E-state index is 12.7. The van der Waals surface area contributed by atoms with Crippen LogP contribution in [0.1, 0.15) is 12.5 Å². The highest BCUT2D eigenvalue weighted by Gasteiger charge is 2.32. The van der Waals surface area contributed by atoms with E-state index in [9.17, 15) is 9.90 Å². The first-order chi connectivity index (χ1) is 14.6. The number of hydrogen-bond acceptors (Lipinski definition) is 4. The molecule has 0 spiro atoms. The number of amides is 1. The Morgan fingerprint density at radius 2 is 1.60 bits per heavy atom. The third-order valence-corrected chi connectivity index (χ3v) is 5.30. The van der Waals surface area contributed by atoms with Gasteiger partial charge in [-0.3, -0.25) is 4.79 Å². The Morgan fingerprint density at radius 3 is 2.40 bits per heavy atom. The Labute approximate surface area is 172 Å². The molecule has 6 nitrogen and oxygen atoms in total. The number of azo groups is 1. The minimum Gasteiger partial charge on any atom is -0.375 e. The predicted molar refractivity (Wildman–Crippen MR) is 116 cm³/mol. The molecule has 1 amide bonds. The predicted octanol–water partition coefficient (Wildman–Crippen LogP) is 5.34. The molecule has 3 aromatic rings. The van der Waals surface area contributed by atoms with Crippen molar-refractivity contribution in [1.29, 1.82) is 0 Å². The van der Waals surface area contributed by atoms with Crippen LogP contribution in [0.15, 0.2) is 89.1 Å². The third kappa shape index (κ3) is 2.86. The van der Waals surface area contributed by atoms with Crippen LogP contribution in [-0.4, -0.2) is 21.0 Å². The summed E-state index contributed by atoms with van der Waals surface area (Å²) >= 11 is 0. The zero-order valence-corrected chi connectivity index (χ0v) is 16.2. The van der Waals surface area contributed by atoms with E-state index in [0.29, 0.717) is 16.9 Å². The van der Waals surface area contributed by atoms with Gasteiger partial charge in [0.15, 0.2) is 5.60 Å². The van der Waals surface area contributed by atoms with E-state index < -0.39 is 11.5 Å². The van der Waals surface area contributed by atoms with Crippen molar-refractivity contribution in [2.45, 2.75) is 12.5 Å². The molecule has 0 aromatic heterocycles. The summed E-state index contributed by atoms with van der Waals surface area (Å²) in [4.78, 5) is 20.9. The van der Waals surface area contributed by atoms with Crippen molar-refractivity contribution >= 4 is 33.4 Å². The number of nitrogens with one attached hydrogen (secondary N) is 1. The van der Waals surface area contributed by atoms with E-state index in [0.717, 1.165) is 27.5 Å². The van der Waals surface area contributed by atoms with E-state index in [1.807, 2.05) is 54.6 Å². The van der Waals surface area contributed by atoms with Crippen molar-refractivity contribution in [3.05, 3.63) is 84.4 Å². The fourth-order valence-electron chi connectivity index (χ4n) is 3.63. The van der Waals surface area contributed by atoms with Crippen LogP contribution in [0.5, 0.6) is 0 Å². The first-order valence-corrected chi connectivity index (χ1v) is 9.59. The molecule has 2 aliphatic rings. The minimum atomic E-state index is -1.77. The Balaban J connectivity index is 1.65. The number of H-pyrrole nitrogens is 1. The lowest BCUT2D eigenvalue weighted by molar-refractivity contribution is -0.135. The fourth-order valence-corrected chi connectivity index (χ4v) is 3.63. The summed E-state index contributed by atoms with van der Waals surface area (Å²) in [5.41, 5.74) is 2.39. The van der Waals surface area contributed by atoms with Crippen LogP contribution in [0.4, 0.5) is 5.69 Å². The van der Waals surface area contributed by atoms with Gasteiger partial charge in [-0.15, -0.1) is 10.2 Å². The number of para-hydroxylation sites is 2. The Hall–Kier alpha value is -3.90. The number of carbonyl (C=O) groups is 1. The van der Waals surface area contributed by atoms with Crippen molar-refractivity contribution < 1.29 is 9.90 Å². The summed E-state index contributed by atoms with van der Waals surface area (Å²) in [5, 5.41) is 20.6. The van der Waals surface area contributed by atoms with E-state index >= 15 is 0 Å². The number of hydrogen-bond donors (Lipinski definition) is 2. The van der Waals surface area contributed by atoms with Gasteiger partial charge in [0.2, 0.25) is 0 Å². The lowest BCUT2D eigenvalue weighted by Gasteiger charge is -2.18. The highest BCUT2D eigenvalue weighted by atomic mass is 16.3. The number of benzene rings is 3.